The molecule has 2 aromatic rings. The molecule has 4 nitrogen and oxygen atoms in total. The van der Waals surface area contributed by atoms with Crippen LogP contribution in [0.4, 0.5) is 5.69 Å². The molecular weight excluding hydrogens is 330 g/mol. The quantitative estimate of drug-likeness (QED) is 0.605. The lowest BCUT2D eigenvalue weighted by Gasteiger charge is -2.09. The minimum atomic E-state index is 0.520. The number of nitrogens with zero attached hydrogens (tertiary/aromatic N) is 2. The summed E-state index contributed by atoms with van der Waals surface area (Å²) >= 11 is 3.36. The second-order valence-corrected chi connectivity index (χ2v) is 5.26. The van der Waals surface area contributed by atoms with Crippen molar-refractivity contribution in [3.8, 4) is 11.8 Å². The third-order valence-electron chi connectivity index (χ3n) is 2.78. The Labute approximate surface area is 132 Å². The van der Waals surface area contributed by atoms with Crippen LogP contribution in [0.5, 0.6) is 5.75 Å². The molecular formula is C16H16BrN3O. The van der Waals surface area contributed by atoms with Gasteiger partial charge >= 0.3 is 0 Å². The normalized spacial score (nSPS) is 9.90. The van der Waals surface area contributed by atoms with Gasteiger partial charge in [-0.25, -0.2) is 4.98 Å². The van der Waals surface area contributed by atoms with Gasteiger partial charge < -0.3 is 10.1 Å². The Morgan fingerprint density at radius 3 is 2.90 bits per heavy atom. The highest BCUT2D eigenvalue weighted by molar-refractivity contribution is 9.10. The van der Waals surface area contributed by atoms with Crippen molar-refractivity contribution in [3.63, 3.8) is 0 Å². The first-order valence-corrected chi connectivity index (χ1v) is 7.52. The molecule has 108 valence electrons. The third-order valence-corrected chi connectivity index (χ3v) is 3.22. The lowest BCUT2D eigenvalue weighted by atomic mass is 10.3. The molecule has 0 saturated carbocycles. The van der Waals surface area contributed by atoms with E-state index in [0.717, 1.165) is 28.2 Å². The first-order chi connectivity index (χ1) is 10.3. The number of hydrogen-bond donors (Lipinski definition) is 1. The fraction of sp³-hybridized carbons (Fsp3) is 0.250. The van der Waals surface area contributed by atoms with E-state index in [1.54, 1.807) is 0 Å². The van der Waals surface area contributed by atoms with Gasteiger partial charge in [0, 0.05) is 18.2 Å². The predicted octanol–water partition coefficient (Wildman–Crippen LogP) is 4.14. The molecule has 0 fully saturated rings. The van der Waals surface area contributed by atoms with Crippen molar-refractivity contribution in [1.29, 1.82) is 5.26 Å². The number of rotatable bonds is 7. The fourth-order valence-electron chi connectivity index (χ4n) is 1.78. The van der Waals surface area contributed by atoms with E-state index in [1.807, 2.05) is 42.5 Å². The summed E-state index contributed by atoms with van der Waals surface area (Å²) in [5.74, 6) is 0.806. The Kier molecular flexibility index (Phi) is 6.04. The second kappa shape index (κ2) is 8.28. The maximum absolute atomic E-state index is 8.48. The Hall–Kier alpha value is -2.06. The molecule has 0 radical (unpaired) electrons. The zero-order valence-corrected chi connectivity index (χ0v) is 13.1. The van der Waals surface area contributed by atoms with Gasteiger partial charge in [0.2, 0.25) is 0 Å². The SMILES string of the molecule is N#CCCCOc1cccc(NCc2cccc(Br)n2)c1. The molecule has 0 amide bonds. The fourth-order valence-corrected chi connectivity index (χ4v) is 2.16. The number of aromatic nitrogens is 1. The smallest absolute Gasteiger partial charge is 0.121 e. The van der Waals surface area contributed by atoms with Gasteiger partial charge in [0.05, 0.1) is 24.9 Å². The monoisotopic (exact) mass is 345 g/mol. The topological polar surface area (TPSA) is 57.9 Å². The molecule has 0 aliphatic heterocycles. The third kappa shape index (κ3) is 5.44. The van der Waals surface area contributed by atoms with E-state index >= 15 is 0 Å². The molecule has 1 aromatic heterocycles. The molecule has 5 heteroatoms. The Balaban J connectivity index is 1.87. The maximum Gasteiger partial charge on any atom is 0.121 e. The largest absolute Gasteiger partial charge is 0.493 e. The van der Waals surface area contributed by atoms with Crippen LogP contribution in [-0.4, -0.2) is 11.6 Å². The zero-order chi connectivity index (χ0) is 14.9. The summed E-state index contributed by atoms with van der Waals surface area (Å²) in [6.45, 7) is 1.21. The molecule has 0 spiro atoms. The number of unbranched alkanes of at least 4 members (excludes halogenated alkanes) is 1. The number of anilines is 1. The molecule has 21 heavy (non-hydrogen) atoms. The summed E-state index contributed by atoms with van der Waals surface area (Å²) in [6, 6.07) is 15.7. The van der Waals surface area contributed by atoms with Crippen LogP contribution >= 0.6 is 15.9 Å². The zero-order valence-electron chi connectivity index (χ0n) is 11.6. The highest BCUT2D eigenvalue weighted by atomic mass is 79.9. The molecule has 0 bridgehead atoms. The van der Waals surface area contributed by atoms with Gasteiger partial charge in [-0.3, -0.25) is 0 Å². The van der Waals surface area contributed by atoms with Gasteiger partial charge in [0.25, 0.3) is 0 Å². The van der Waals surface area contributed by atoms with Crippen molar-refractivity contribution in [2.45, 2.75) is 19.4 Å². The molecule has 0 aliphatic rings. The predicted molar refractivity (Wildman–Crippen MR) is 86.0 cm³/mol. The van der Waals surface area contributed by atoms with Crippen molar-refractivity contribution in [2.75, 3.05) is 11.9 Å². The van der Waals surface area contributed by atoms with Crippen LogP contribution < -0.4 is 10.1 Å². The highest BCUT2D eigenvalue weighted by Gasteiger charge is 1.99. The molecule has 2 rings (SSSR count). The van der Waals surface area contributed by atoms with Gasteiger partial charge in [0.1, 0.15) is 10.4 Å². The molecule has 1 heterocycles. The van der Waals surface area contributed by atoms with E-state index in [1.165, 1.54) is 0 Å². The van der Waals surface area contributed by atoms with E-state index in [9.17, 15) is 0 Å². The molecule has 0 unspecified atom stereocenters. The van der Waals surface area contributed by atoms with Gasteiger partial charge in [-0.2, -0.15) is 5.26 Å². The van der Waals surface area contributed by atoms with E-state index in [0.29, 0.717) is 19.6 Å². The number of halogens is 1. The van der Waals surface area contributed by atoms with Crippen LogP contribution in [0.3, 0.4) is 0 Å². The van der Waals surface area contributed by atoms with Crippen LogP contribution in [-0.2, 0) is 6.54 Å². The lowest BCUT2D eigenvalue weighted by Crippen LogP contribution is -2.02. The van der Waals surface area contributed by atoms with Crippen LogP contribution in [0.2, 0.25) is 0 Å². The van der Waals surface area contributed by atoms with E-state index in [-0.39, 0.29) is 0 Å². The summed E-state index contributed by atoms with van der Waals surface area (Å²) < 4.78 is 6.44. The molecule has 0 atom stereocenters. The summed E-state index contributed by atoms with van der Waals surface area (Å²) in [4.78, 5) is 4.37. The van der Waals surface area contributed by atoms with E-state index in [2.05, 4.69) is 32.3 Å². The van der Waals surface area contributed by atoms with Crippen molar-refractivity contribution in [1.82, 2.24) is 4.98 Å². The van der Waals surface area contributed by atoms with Gasteiger partial charge in [-0.15, -0.1) is 0 Å². The standard InChI is InChI=1S/C16H16BrN3O/c17-16-8-4-6-14(20-16)12-19-13-5-3-7-15(11-13)21-10-2-1-9-18/h3-8,11,19H,1-2,10,12H2. The van der Waals surface area contributed by atoms with Crippen molar-refractivity contribution < 1.29 is 4.74 Å². The first kappa shape index (κ1) is 15.3. The van der Waals surface area contributed by atoms with Crippen LogP contribution in [0.15, 0.2) is 47.1 Å². The van der Waals surface area contributed by atoms with Crippen LogP contribution in [0.1, 0.15) is 18.5 Å². The Morgan fingerprint density at radius 1 is 1.24 bits per heavy atom. The van der Waals surface area contributed by atoms with Gasteiger partial charge in [-0.05, 0) is 46.6 Å². The number of ether oxygens (including phenoxy) is 1. The van der Waals surface area contributed by atoms with E-state index < -0.39 is 0 Å². The first-order valence-electron chi connectivity index (χ1n) is 6.73. The number of pyridine rings is 1. The van der Waals surface area contributed by atoms with Crippen LogP contribution in [0.25, 0.3) is 0 Å². The van der Waals surface area contributed by atoms with Gasteiger partial charge in [-0.1, -0.05) is 12.1 Å². The minimum Gasteiger partial charge on any atom is -0.493 e. The minimum absolute atomic E-state index is 0.520. The van der Waals surface area contributed by atoms with Crippen LogP contribution in [0, 0.1) is 11.3 Å². The number of nitrogens with one attached hydrogen (secondary N) is 1. The number of benzene rings is 1. The molecule has 0 aliphatic carbocycles. The van der Waals surface area contributed by atoms with Gasteiger partial charge in [0.15, 0.2) is 0 Å². The Bertz CT molecular complexity index is 625. The maximum atomic E-state index is 8.48. The summed E-state index contributed by atoms with van der Waals surface area (Å²) in [5, 5.41) is 11.8. The molecule has 1 aromatic carbocycles. The summed E-state index contributed by atoms with van der Waals surface area (Å²) in [6.07, 6.45) is 1.27. The molecule has 0 saturated heterocycles. The summed E-state index contributed by atoms with van der Waals surface area (Å²) in [5.41, 5.74) is 1.94. The average Bonchev–Trinajstić information content (AvgIpc) is 2.50. The number of nitriles is 1. The van der Waals surface area contributed by atoms with Crippen molar-refractivity contribution in [2.24, 2.45) is 0 Å². The Morgan fingerprint density at radius 2 is 2.10 bits per heavy atom. The average molecular weight is 346 g/mol. The van der Waals surface area contributed by atoms with Crippen molar-refractivity contribution in [3.05, 3.63) is 52.8 Å². The number of hydrogen-bond acceptors (Lipinski definition) is 4. The highest BCUT2D eigenvalue weighted by Crippen LogP contribution is 2.18. The lowest BCUT2D eigenvalue weighted by molar-refractivity contribution is 0.313. The molecule has 1 N–H and O–H groups in total. The summed E-state index contributed by atoms with van der Waals surface area (Å²) in [7, 11) is 0. The van der Waals surface area contributed by atoms with E-state index in [4.69, 9.17) is 10.00 Å². The van der Waals surface area contributed by atoms with Crippen molar-refractivity contribution >= 4 is 21.6 Å². The second-order valence-electron chi connectivity index (χ2n) is 4.44.